The highest BCUT2D eigenvalue weighted by Gasteiger charge is 2.15. The van der Waals surface area contributed by atoms with E-state index in [1.807, 2.05) is 42.5 Å². The first kappa shape index (κ1) is 24.3. The zero-order chi connectivity index (χ0) is 25.8. The Morgan fingerprint density at radius 3 is 2.00 bits per heavy atom. The first-order valence-corrected chi connectivity index (χ1v) is 12.2. The second kappa shape index (κ2) is 10.7. The molecule has 0 fully saturated rings. The van der Waals surface area contributed by atoms with Crippen LogP contribution in [0.25, 0.3) is 23.3 Å². The van der Waals surface area contributed by atoms with Gasteiger partial charge in [-0.1, -0.05) is 42.5 Å². The van der Waals surface area contributed by atoms with Crippen LogP contribution in [0.2, 0.25) is 0 Å². The SMILES string of the molecule is COc1ccc2c(c1)CCc1ccc(cc1OC)Oc1cc(ccc1OC)/C=C/c1ccc-2c(OC)c1. The highest BCUT2D eigenvalue weighted by Crippen LogP contribution is 2.38. The second-order valence-electron chi connectivity index (χ2n) is 8.80. The van der Waals surface area contributed by atoms with Crippen LogP contribution in [0.4, 0.5) is 0 Å². The molecular weight excluding hydrogens is 464 g/mol. The van der Waals surface area contributed by atoms with Crippen molar-refractivity contribution in [3.8, 4) is 45.6 Å². The summed E-state index contributed by atoms with van der Waals surface area (Å²) in [5, 5.41) is 0. The van der Waals surface area contributed by atoms with Gasteiger partial charge in [-0.05, 0) is 77.1 Å². The zero-order valence-electron chi connectivity index (χ0n) is 21.5. The Kier molecular flexibility index (Phi) is 7.04. The van der Waals surface area contributed by atoms with Crippen LogP contribution in [0.3, 0.4) is 0 Å². The van der Waals surface area contributed by atoms with Crippen molar-refractivity contribution in [1.29, 1.82) is 0 Å². The molecule has 0 spiro atoms. The molecule has 0 aliphatic carbocycles. The molecule has 4 heterocycles. The Labute approximate surface area is 217 Å². The number of hydrogen-bond acceptors (Lipinski definition) is 5. The molecule has 0 unspecified atom stereocenters. The summed E-state index contributed by atoms with van der Waals surface area (Å²) in [5.74, 6) is 4.39. The van der Waals surface area contributed by atoms with Gasteiger partial charge < -0.3 is 23.7 Å². The zero-order valence-corrected chi connectivity index (χ0v) is 21.5. The van der Waals surface area contributed by atoms with E-state index in [1.54, 1.807) is 28.4 Å². The van der Waals surface area contributed by atoms with Gasteiger partial charge in [0.15, 0.2) is 11.5 Å². The Balaban J connectivity index is 1.68. The van der Waals surface area contributed by atoms with Gasteiger partial charge in [-0.25, -0.2) is 0 Å². The van der Waals surface area contributed by atoms with E-state index in [1.165, 1.54) is 5.56 Å². The lowest BCUT2D eigenvalue weighted by atomic mass is 9.93. The number of hydrogen-bond donors (Lipinski definition) is 0. The van der Waals surface area contributed by atoms with Crippen molar-refractivity contribution < 1.29 is 23.7 Å². The van der Waals surface area contributed by atoms with E-state index < -0.39 is 0 Å². The lowest BCUT2D eigenvalue weighted by Crippen LogP contribution is -2.00. The molecule has 4 aliphatic rings. The van der Waals surface area contributed by atoms with Gasteiger partial charge in [0.25, 0.3) is 0 Å². The van der Waals surface area contributed by atoms with Gasteiger partial charge in [0, 0.05) is 11.6 Å². The molecule has 0 radical (unpaired) electrons. The van der Waals surface area contributed by atoms with Crippen molar-refractivity contribution in [2.24, 2.45) is 0 Å². The van der Waals surface area contributed by atoms with Crippen molar-refractivity contribution in [2.75, 3.05) is 28.4 Å². The lowest BCUT2D eigenvalue weighted by molar-refractivity contribution is 0.375. The largest absolute Gasteiger partial charge is 0.497 e. The Hall–Kier alpha value is -4.38. The summed E-state index contributed by atoms with van der Waals surface area (Å²) in [4.78, 5) is 0. The van der Waals surface area contributed by atoms with Gasteiger partial charge in [0.1, 0.15) is 23.0 Å². The minimum atomic E-state index is 0.634. The minimum absolute atomic E-state index is 0.634. The van der Waals surface area contributed by atoms with Crippen LogP contribution in [0.5, 0.6) is 34.5 Å². The van der Waals surface area contributed by atoms with Crippen LogP contribution in [0.1, 0.15) is 22.3 Å². The minimum Gasteiger partial charge on any atom is -0.497 e. The molecule has 0 aromatic heterocycles. The average molecular weight is 495 g/mol. The second-order valence-corrected chi connectivity index (χ2v) is 8.80. The summed E-state index contributed by atoms with van der Waals surface area (Å²) in [5.41, 5.74) is 6.45. The molecule has 0 N–H and O–H groups in total. The van der Waals surface area contributed by atoms with Gasteiger partial charge in [-0.15, -0.1) is 0 Å². The van der Waals surface area contributed by atoms with Crippen molar-refractivity contribution in [1.82, 2.24) is 0 Å². The van der Waals surface area contributed by atoms with Crippen LogP contribution >= 0.6 is 0 Å². The predicted octanol–water partition coefficient (Wildman–Crippen LogP) is 7.45. The topological polar surface area (TPSA) is 46.2 Å². The molecule has 0 atom stereocenters. The third-order valence-electron chi connectivity index (χ3n) is 6.63. The molecule has 5 heteroatoms. The molecule has 37 heavy (non-hydrogen) atoms. The fourth-order valence-electron chi connectivity index (χ4n) is 4.66. The molecule has 0 saturated carbocycles. The average Bonchev–Trinajstić information content (AvgIpc) is 2.94. The highest BCUT2D eigenvalue weighted by atomic mass is 16.5. The normalized spacial score (nSPS) is 13.1. The summed E-state index contributed by atoms with van der Waals surface area (Å²) in [6.07, 6.45) is 5.69. The Morgan fingerprint density at radius 2 is 1.24 bits per heavy atom. The van der Waals surface area contributed by atoms with Gasteiger partial charge in [-0.3, -0.25) is 0 Å². The van der Waals surface area contributed by atoms with Crippen LogP contribution in [0, 0.1) is 0 Å². The van der Waals surface area contributed by atoms with Crippen molar-refractivity contribution in [3.05, 3.63) is 95.1 Å². The summed E-state index contributed by atoms with van der Waals surface area (Å²) >= 11 is 0. The third-order valence-corrected chi connectivity index (χ3v) is 6.63. The molecule has 4 aromatic rings. The molecule has 8 rings (SSSR count). The first-order chi connectivity index (χ1) is 18.1. The number of benzene rings is 4. The molecule has 4 aromatic carbocycles. The maximum Gasteiger partial charge on any atom is 0.169 e. The van der Waals surface area contributed by atoms with E-state index in [4.69, 9.17) is 23.7 Å². The quantitative estimate of drug-likeness (QED) is 0.295. The predicted molar refractivity (Wildman–Crippen MR) is 147 cm³/mol. The fourth-order valence-corrected chi connectivity index (χ4v) is 4.66. The van der Waals surface area contributed by atoms with Gasteiger partial charge in [0.05, 0.1) is 28.4 Å². The molecule has 0 amide bonds. The van der Waals surface area contributed by atoms with Crippen LogP contribution < -0.4 is 23.7 Å². The molecular formula is C32H30O5. The van der Waals surface area contributed by atoms with E-state index in [0.717, 1.165) is 57.9 Å². The Morgan fingerprint density at radius 1 is 0.541 bits per heavy atom. The van der Waals surface area contributed by atoms with Crippen LogP contribution in [0.15, 0.2) is 72.8 Å². The highest BCUT2D eigenvalue weighted by molar-refractivity contribution is 5.78. The number of ether oxygens (including phenoxy) is 5. The van der Waals surface area contributed by atoms with Gasteiger partial charge >= 0.3 is 0 Å². The maximum atomic E-state index is 6.25. The Bertz CT molecular complexity index is 1450. The third kappa shape index (κ3) is 5.12. The van der Waals surface area contributed by atoms with E-state index in [9.17, 15) is 0 Å². The number of aryl methyl sites for hydroxylation is 2. The summed E-state index contributed by atoms with van der Waals surface area (Å²) in [6.45, 7) is 0. The summed E-state index contributed by atoms with van der Waals surface area (Å²) in [6, 6.07) is 24.3. The van der Waals surface area contributed by atoms with E-state index in [0.29, 0.717) is 17.2 Å². The number of methoxy groups -OCH3 is 4. The standard InChI is InChI=1S/C32H30O5/c1-33-25-13-15-27-24(19-25)10-9-23-11-12-26(20-30(23)35-3)37-32-18-22(8-16-29(32)34-2)6-5-21-7-14-28(27)31(17-21)36-4/h5-8,11-20H,9-10H2,1-4H3/b6-5+. The number of rotatable bonds is 4. The van der Waals surface area contributed by atoms with Gasteiger partial charge in [-0.2, -0.15) is 0 Å². The lowest BCUT2D eigenvalue weighted by Gasteiger charge is -2.17. The molecule has 188 valence electrons. The summed E-state index contributed by atoms with van der Waals surface area (Å²) < 4.78 is 28.9. The summed E-state index contributed by atoms with van der Waals surface area (Å²) in [7, 11) is 6.72. The van der Waals surface area contributed by atoms with E-state index >= 15 is 0 Å². The first-order valence-electron chi connectivity index (χ1n) is 12.2. The van der Waals surface area contributed by atoms with E-state index in [2.05, 4.69) is 42.5 Å². The van der Waals surface area contributed by atoms with Crippen LogP contribution in [-0.4, -0.2) is 28.4 Å². The van der Waals surface area contributed by atoms with Crippen molar-refractivity contribution in [3.63, 3.8) is 0 Å². The fraction of sp³-hybridized carbons (Fsp3) is 0.188. The van der Waals surface area contributed by atoms with Gasteiger partial charge in [0.2, 0.25) is 0 Å². The molecule has 5 nitrogen and oxygen atoms in total. The van der Waals surface area contributed by atoms with Crippen molar-refractivity contribution >= 4 is 12.2 Å². The van der Waals surface area contributed by atoms with Crippen molar-refractivity contribution in [2.45, 2.75) is 12.8 Å². The smallest absolute Gasteiger partial charge is 0.169 e. The van der Waals surface area contributed by atoms with E-state index in [-0.39, 0.29) is 0 Å². The molecule has 6 bridgehead atoms. The molecule has 4 aliphatic heterocycles. The van der Waals surface area contributed by atoms with Crippen LogP contribution in [-0.2, 0) is 12.8 Å². The maximum absolute atomic E-state index is 6.25. The monoisotopic (exact) mass is 494 g/mol. The molecule has 0 saturated heterocycles.